The Bertz CT molecular complexity index is 625. The Hall–Kier alpha value is -1.87. The van der Waals surface area contributed by atoms with Crippen molar-refractivity contribution in [1.82, 2.24) is 10.2 Å². The van der Waals surface area contributed by atoms with Crippen molar-refractivity contribution in [3.8, 4) is 0 Å². The lowest BCUT2D eigenvalue weighted by atomic mass is 10.0. The predicted octanol–water partition coefficient (Wildman–Crippen LogP) is 2.59. The third kappa shape index (κ3) is 3.08. The molecule has 1 amide bonds. The highest BCUT2D eigenvalue weighted by molar-refractivity contribution is 5.90. The third-order valence-electron chi connectivity index (χ3n) is 4.48. The molecule has 0 bridgehead atoms. The Morgan fingerprint density at radius 1 is 1.14 bits per heavy atom. The zero-order valence-corrected chi connectivity index (χ0v) is 12.5. The molecule has 0 radical (unpaired) electrons. The van der Waals surface area contributed by atoms with E-state index in [1.165, 1.54) is 10.8 Å². The number of nitrogens with one attached hydrogen (secondary N) is 1. The van der Waals surface area contributed by atoms with E-state index in [4.69, 9.17) is 0 Å². The van der Waals surface area contributed by atoms with Crippen molar-refractivity contribution < 1.29 is 4.79 Å². The number of nitrogens with zero attached hydrogens (tertiary/aromatic N) is 1. The van der Waals surface area contributed by atoms with Gasteiger partial charge in [0.1, 0.15) is 0 Å². The standard InChI is InChI=1S/C18H22N2O/c1-19-16-9-11-20(12-10-16)18(21)13-15-7-4-6-14-5-2-3-8-17(14)15/h2-8,16,19H,9-13H2,1H3. The molecule has 1 aliphatic heterocycles. The number of rotatable bonds is 3. The second kappa shape index (κ2) is 6.27. The first kappa shape index (κ1) is 14.1. The molecule has 110 valence electrons. The molecule has 2 aromatic rings. The summed E-state index contributed by atoms with van der Waals surface area (Å²) in [6.45, 7) is 1.74. The smallest absolute Gasteiger partial charge is 0.227 e. The molecule has 3 heteroatoms. The monoisotopic (exact) mass is 282 g/mol. The van der Waals surface area contributed by atoms with Crippen LogP contribution in [0.1, 0.15) is 18.4 Å². The maximum atomic E-state index is 12.5. The number of hydrogen-bond acceptors (Lipinski definition) is 2. The van der Waals surface area contributed by atoms with E-state index < -0.39 is 0 Å². The highest BCUT2D eigenvalue weighted by Gasteiger charge is 2.22. The number of likely N-dealkylation sites (tertiary alicyclic amines) is 1. The molecule has 0 saturated carbocycles. The molecule has 2 aromatic carbocycles. The molecule has 21 heavy (non-hydrogen) atoms. The molecular formula is C18H22N2O. The minimum Gasteiger partial charge on any atom is -0.342 e. The molecule has 1 aliphatic rings. The Balaban J connectivity index is 1.72. The second-order valence-corrected chi connectivity index (χ2v) is 5.76. The fraction of sp³-hybridized carbons (Fsp3) is 0.389. The molecule has 1 saturated heterocycles. The molecule has 0 aliphatic carbocycles. The lowest BCUT2D eigenvalue weighted by Crippen LogP contribution is -2.44. The maximum Gasteiger partial charge on any atom is 0.227 e. The Morgan fingerprint density at radius 2 is 1.86 bits per heavy atom. The fourth-order valence-electron chi connectivity index (χ4n) is 3.14. The van der Waals surface area contributed by atoms with Gasteiger partial charge < -0.3 is 10.2 Å². The number of hydrogen-bond donors (Lipinski definition) is 1. The zero-order valence-electron chi connectivity index (χ0n) is 12.5. The lowest BCUT2D eigenvalue weighted by Gasteiger charge is -2.32. The van der Waals surface area contributed by atoms with Gasteiger partial charge in [-0.2, -0.15) is 0 Å². The van der Waals surface area contributed by atoms with Gasteiger partial charge >= 0.3 is 0 Å². The van der Waals surface area contributed by atoms with Crippen LogP contribution < -0.4 is 5.32 Å². The number of fused-ring (bicyclic) bond motifs is 1. The normalized spacial score (nSPS) is 16.3. The molecule has 0 spiro atoms. The maximum absolute atomic E-state index is 12.5. The third-order valence-corrected chi connectivity index (χ3v) is 4.48. The van der Waals surface area contributed by atoms with E-state index in [0.29, 0.717) is 12.5 Å². The topological polar surface area (TPSA) is 32.3 Å². The van der Waals surface area contributed by atoms with E-state index >= 15 is 0 Å². The van der Waals surface area contributed by atoms with Gasteiger partial charge in [-0.25, -0.2) is 0 Å². The number of carbonyl (C=O) groups excluding carboxylic acids is 1. The lowest BCUT2D eigenvalue weighted by molar-refractivity contribution is -0.131. The first-order valence-corrected chi connectivity index (χ1v) is 7.69. The van der Waals surface area contributed by atoms with Crippen LogP contribution in [0.3, 0.4) is 0 Å². The molecule has 1 fully saturated rings. The van der Waals surface area contributed by atoms with E-state index in [2.05, 4.69) is 29.6 Å². The van der Waals surface area contributed by atoms with Crippen LogP contribution in [0.25, 0.3) is 10.8 Å². The summed E-state index contributed by atoms with van der Waals surface area (Å²) in [4.78, 5) is 14.5. The highest BCUT2D eigenvalue weighted by Crippen LogP contribution is 2.20. The first-order valence-electron chi connectivity index (χ1n) is 7.69. The van der Waals surface area contributed by atoms with Gasteiger partial charge in [0.2, 0.25) is 5.91 Å². The number of amides is 1. The summed E-state index contributed by atoms with van der Waals surface area (Å²) in [7, 11) is 2.00. The van der Waals surface area contributed by atoms with Gasteiger partial charge in [0, 0.05) is 19.1 Å². The minimum absolute atomic E-state index is 0.251. The van der Waals surface area contributed by atoms with Gasteiger partial charge in [-0.3, -0.25) is 4.79 Å². The molecule has 1 heterocycles. The van der Waals surface area contributed by atoms with Crippen LogP contribution in [-0.4, -0.2) is 37.0 Å². The van der Waals surface area contributed by atoms with Crippen LogP contribution >= 0.6 is 0 Å². The summed E-state index contributed by atoms with van der Waals surface area (Å²) in [6.07, 6.45) is 2.61. The van der Waals surface area contributed by atoms with Crippen molar-refractivity contribution in [1.29, 1.82) is 0 Å². The van der Waals surface area contributed by atoms with Gasteiger partial charge in [0.15, 0.2) is 0 Å². The number of benzene rings is 2. The van der Waals surface area contributed by atoms with Gasteiger partial charge in [-0.1, -0.05) is 42.5 Å². The van der Waals surface area contributed by atoms with Crippen molar-refractivity contribution >= 4 is 16.7 Å². The molecular weight excluding hydrogens is 260 g/mol. The largest absolute Gasteiger partial charge is 0.342 e. The van der Waals surface area contributed by atoms with Gasteiger partial charge in [-0.15, -0.1) is 0 Å². The van der Waals surface area contributed by atoms with E-state index in [0.717, 1.165) is 31.5 Å². The fourth-order valence-corrected chi connectivity index (χ4v) is 3.14. The van der Waals surface area contributed by atoms with E-state index in [9.17, 15) is 4.79 Å². The molecule has 0 unspecified atom stereocenters. The summed E-state index contributed by atoms with van der Waals surface area (Å²) in [6, 6.07) is 15.0. The summed E-state index contributed by atoms with van der Waals surface area (Å²) < 4.78 is 0. The van der Waals surface area contributed by atoms with E-state index in [1.54, 1.807) is 0 Å². The SMILES string of the molecule is CNC1CCN(C(=O)Cc2cccc3ccccc23)CC1. The van der Waals surface area contributed by atoms with Crippen LogP contribution in [-0.2, 0) is 11.2 Å². The van der Waals surface area contributed by atoms with Crippen molar-refractivity contribution in [2.75, 3.05) is 20.1 Å². The summed E-state index contributed by atoms with van der Waals surface area (Å²) in [5.74, 6) is 0.251. The van der Waals surface area contributed by atoms with Crippen LogP contribution in [0.15, 0.2) is 42.5 Å². The van der Waals surface area contributed by atoms with Gasteiger partial charge in [0.05, 0.1) is 6.42 Å². The first-order chi connectivity index (χ1) is 10.3. The quantitative estimate of drug-likeness (QED) is 0.938. The van der Waals surface area contributed by atoms with Crippen LogP contribution in [0.5, 0.6) is 0 Å². The minimum atomic E-state index is 0.251. The van der Waals surface area contributed by atoms with Crippen LogP contribution in [0, 0.1) is 0 Å². The molecule has 1 N–H and O–H groups in total. The Morgan fingerprint density at radius 3 is 2.62 bits per heavy atom. The van der Waals surface area contributed by atoms with Crippen LogP contribution in [0.2, 0.25) is 0 Å². The Labute approximate surface area is 125 Å². The average Bonchev–Trinajstić information content (AvgIpc) is 2.55. The number of carbonyl (C=O) groups is 1. The second-order valence-electron chi connectivity index (χ2n) is 5.76. The van der Waals surface area contributed by atoms with Gasteiger partial charge in [-0.05, 0) is 36.2 Å². The van der Waals surface area contributed by atoms with E-state index in [-0.39, 0.29) is 5.91 Å². The average molecular weight is 282 g/mol. The van der Waals surface area contributed by atoms with Crippen molar-refractivity contribution in [2.45, 2.75) is 25.3 Å². The molecule has 0 aromatic heterocycles. The summed E-state index contributed by atoms with van der Waals surface area (Å²) >= 11 is 0. The Kier molecular flexibility index (Phi) is 4.20. The highest BCUT2D eigenvalue weighted by atomic mass is 16.2. The summed E-state index contributed by atoms with van der Waals surface area (Å²) in [5, 5.41) is 5.70. The summed E-state index contributed by atoms with van der Waals surface area (Å²) in [5.41, 5.74) is 1.13. The van der Waals surface area contributed by atoms with E-state index in [1.807, 2.05) is 30.1 Å². The molecule has 3 nitrogen and oxygen atoms in total. The predicted molar refractivity (Wildman–Crippen MR) is 86.3 cm³/mol. The molecule has 0 atom stereocenters. The van der Waals surface area contributed by atoms with Crippen molar-refractivity contribution in [3.63, 3.8) is 0 Å². The van der Waals surface area contributed by atoms with Crippen molar-refractivity contribution in [2.24, 2.45) is 0 Å². The van der Waals surface area contributed by atoms with Crippen LogP contribution in [0.4, 0.5) is 0 Å². The molecule has 3 rings (SSSR count). The number of piperidine rings is 1. The zero-order chi connectivity index (χ0) is 14.7. The van der Waals surface area contributed by atoms with Crippen molar-refractivity contribution in [3.05, 3.63) is 48.0 Å². The van der Waals surface area contributed by atoms with Gasteiger partial charge in [0.25, 0.3) is 0 Å².